The summed E-state index contributed by atoms with van der Waals surface area (Å²) >= 11 is 0. The van der Waals surface area contributed by atoms with E-state index in [-0.39, 0.29) is 29.9 Å². The fraction of sp³-hybridized carbons (Fsp3) is 0.906. The molecule has 13 atom stereocenters. The third-order valence-electron chi connectivity index (χ3n) is 10.2. The first kappa shape index (κ1) is 36.6. The lowest BCUT2D eigenvalue weighted by molar-refractivity contribution is -0.298. The number of aliphatic hydroxyl groups is 1. The highest BCUT2D eigenvalue weighted by molar-refractivity contribution is 6.00. The van der Waals surface area contributed by atoms with Gasteiger partial charge in [0.25, 0.3) is 0 Å². The predicted octanol–water partition coefficient (Wildman–Crippen LogP) is 2.64. The number of carbonyl (C=O) groups is 3. The average molecular weight is 628 g/mol. The fourth-order valence-electron chi connectivity index (χ4n) is 7.29. The number of hydrogen-bond donors (Lipinski definition) is 3. The Morgan fingerprint density at radius 3 is 2.30 bits per heavy atom. The number of carbonyl (C=O) groups excluding carboxylic acids is 3. The zero-order chi connectivity index (χ0) is 33.1. The summed E-state index contributed by atoms with van der Waals surface area (Å²) in [6, 6.07) is -0.917. The normalized spacial score (nSPS) is 44.7. The summed E-state index contributed by atoms with van der Waals surface area (Å²) in [5.41, 5.74) is -2.14. The van der Waals surface area contributed by atoms with E-state index in [4.69, 9.17) is 23.7 Å². The van der Waals surface area contributed by atoms with Crippen molar-refractivity contribution in [2.45, 2.75) is 141 Å². The number of methoxy groups -OCH3 is 1. The minimum absolute atomic E-state index is 0.0394. The standard InChI is InChI=1S/C32H57N3O9/c1-12-21-14-22(35(9)10)25(37)29(41-21)43-27-18(4)24(36)19(5)28(38)42-23(13-2)32(8)26(34-30(39)44-32)20(6)33-16-17(3)15-31(27,7)40-11/h17-23,25-27,29,33,37H,12-16H2,1-11H3,(H,34,39)/t17-,18+,19?,20-,21-,22+,23-,25-,26-,27-,29+,31-,32-/m1/s1. The first-order chi connectivity index (χ1) is 20.5. The number of nitrogens with zero attached hydrogens (tertiary/aromatic N) is 1. The molecule has 3 aliphatic rings. The summed E-state index contributed by atoms with van der Waals surface area (Å²) < 4.78 is 30.7. The Hall–Kier alpha value is -1.83. The van der Waals surface area contributed by atoms with Crippen LogP contribution in [0.1, 0.15) is 81.1 Å². The number of alkyl carbamates (subject to hydrolysis) is 1. The number of nitrogens with one attached hydrogen (secondary N) is 2. The zero-order valence-electron chi connectivity index (χ0n) is 28.5. The van der Waals surface area contributed by atoms with Crippen LogP contribution in [0.15, 0.2) is 0 Å². The van der Waals surface area contributed by atoms with Crippen LogP contribution in [-0.4, -0.2) is 116 Å². The number of ketones is 1. The molecule has 3 fully saturated rings. The lowest BCUT2D eigenvalue weighted by Crippen LogP contribution is -2.60. The van der Waals surface area contributed by atoms with Crippen molar-refractivity contribution in [3.8, 4) is 0 Å². The van der Waals surface area contributed by atoms with Crippen molar-refractivity contribution in [1.82, 2.24) is 15.5 Å². The highest BCUT2D eigenvalue weighted by atomic mass is 16.7. The van der Waals surface area contributed by atoms with Crippen LogP contribution in [0.2, 0.25) is 0 Å². The number of Topliss-reactive ketones (excluding diaryl/α,β-unsaturated/α-hetero) is 1. The molecule has 3 N–H and O–H groups in total. The molecule has 0 radical (unpaired) electrons. The molecule has 254 valence electrons. The third-order valence-corrected chi connectivity index (χ3v) is 10.2. The largest absolute Gasteiger partial charge is 0.458 e. The van der Waals surface area contributed by atoms with Gasteiger partial charge in [0.1, 0.15) is 18.1 Å². The number of amides is 1. The molecule has 0 aliphatic carbocycles. The van der Waals surface area contributed by atoms with Crippen LogP contribution in [0, 0.1) is 17.8 Å². The van der Waals surface area contributed by atoms with Gasteiger partial charge in [-0.15, -0.1) is 0 Å². The molecule has 44 heavy (non-hydrogen) atoms. The highest BCUT2D eigenvalue weighted by Gasteiger charge is 2.55. The number of cyclic esters (lactones) is 1. The van der Waals surface area contributed by atoms with Gasteiger partial charge in [0.2, 0.25) is 0 Å². The van der Waals surface area contributed by atoms with Crippen molar-refractivity contribution in [3.63, 3.8) is 0 Å². The molecular weight excluding hydrogens is 570 g/mol. The molecule has 3 rings (SSSR count). The Bertz CT molecular complexity index is 1010. The van der Waals surface area contributed by atoms with Crippen LogP contribution in [0.3, 0.4) is 0 Å². The molecule has 0 aromatic rings. The second-order valence-corrected chi connectivity index (χ2v) is 13.8. The number of likely N-dealkylation sites (N-methyl/N-ethyl adjacent to an activating group) is 1. The van der Waals surface area contributed by atoms with Gasteiger partial charge in [-0.25, -0.2) is 4.79 Å². The minimum atomic E-state index is -1.15. The van der Waals surface area contributed by atoms with Gasteiger partial charge in [-0.05, 0) is 79.9 Å². The summed E-state index contributed by atoms with van der Waals surface area (Å²) in [6.45, 7) is 15.4. The molecule has 0 saturated carbocycles. The smallest absolute Gasteiger partial charge is 0.408 e. The minimum Gasteiger partial charge on any atom is -0.458 e. The molecule has 3 saturated heterocycles. The molecule has 0 spiro atoms. The molecule has 1 amide bonds. The Balaban J connectivity index is 2.03. The van der Waals surface area contributed by atoms with Crippen LogP contribution < -0.4 is 10.6 Å². The summed E-state index contributed by atoms with van der Waals surface area (Å²) in [5, 5.41) is 17.8. The van der Waals surface area contributed by atoms with Crippen LogP contribution in [0.25, 0.3) is 0 Å². The van der Waals surface area contributed by atoms with Crippen molar-refractivity contribution >= 4 is 17.8 Å². The number of aliphatic hydroxyl groups excluding tert-OH is 1. The van der Waals surface area contributed by atoms with E-state index in [1.54, 1.807) is 21.0 Å². The van der Waals surface area contributed by atoms with Crippen molar-refractivity contribution < 1.29 is 43.2 Å². The highest BCUT2D eigenvalue weighted by Crippen LogP contribution is 2.38. The molecule has 12 nitrogen and oxygen atoms in total. The molecule has 0 aromatic carbocycles. The van der Waals surface area contributed by atoms with E-state index in [0.29, 0.717) is 25.8 Å². The first-order valence-corrected chi connectivity index (χ1v) is 16.2. The summed E-state index contributed by atoms with van der Waals surface area (Å²) in [6.07, 6.45) is -2.06. The van der Waals surface area contributed by atoms with Crippen molar-refractivity contribution in [2.24, 2.45) is 17.8 Å². The van der Waals surface area contributed by atoms with E-state index in [2.05, 4.69) is 17.6 Å². The van der Waals surface area contributed by atoms with Crippen LogP contribution in [0.5, 0.6) is 0 Å². The maximum absolute atomic E-state index is 14.1. The van der Waals surface area contributed by atoms with Crippen molar-refractivity contribution in [3.05, 3.63) is 0 Å². The Kier molecular flexibility index (Phi) is 12.3. The Morgan fingerprint density at radius 2 is 1.73 bits per heavy atom. The second-order valence-electron chi connectivity index (χ2n) is 13.8. The molecule has 1 unspecified atom stereocenters. The van der Waals surface area contributed by atoms with E-state index in [9.17, 15) is 19.5 Å². The Labute approximate surface area is 263 Å². The van der Waals surface area contributed by atoms with Gasteiger partial charge in [-0.1, -0.05) is 27.7 Å². The van der Waals surface area contributed by atoms with Gasteiger partial charge in [0.05, 0.1) is 23.9 Å². The van der Waals surface area contributed by atoms with Gasteiger partial charge in [-0.2, -0.15) is 0 Å². The number of ether oxygens (including phenoxy) is 5. The topological polar surface area (TPSA) is 145 Å². The lowest BCUT2D eigenvalue weighted by Gasteiger charge is -2.47. The number of fused-ring (bicyclic) bond motifs is 1. The van der Waals surface area contributed by atoms with Crippen LogP contribution >= 0.6 is 0 Å². The summed E-state index contributed by atoms with van der Waals surface area (Å²) in [5.74, 6) is -3.00. The number of hydrogen-bond acceptors (Lipinski definition) is 11. The SMILES string of the molecule is CC[C@@H]1C[C@H](N(C)C)[C@@H](O)[C@H](O[C@@H]2[C@@H](C)C(=O)C(C)C(=O)O[C@H](CC)[C@@]3(C)OC(=O)N[C@@H]3[C@@H](C)NC[C@H](C)C[C@@]2(C)OC)O1. The molecule has 3 aliphatic heterocycles. The molecule has 0 aromatic heterocycles. The van der Waals surface area contributed by atoms with Gasteiger partial charge < -0.3 is 44.3 Å². The zero-order valence-corrected chi connectivity index (χ0v) is 28.5. The number of rotatable bonds is 6. The second kappa shape index (κ2) is 14.7. The summed E-state index contributed by atoms with van der Waals surface area (Å²) in [4.78, 5) is 42.0. The van der Waals surface area contributed by atoms with E-state index >= 15 is 0 Å². The van der Waals surface area contributed by atoms with Crippen LogP contribution in [0.4, 0.5) is 4.79 Å². The monoisotopic (exact) mass is 627 g/mol. The third kappa shape index (κ3) is 7.58. The summed E-state index contributed by atoms with van der Waals surface area (Å²) in [7, 11) is 5.41. The predicted molar refractivity (Wildman–Crippen MR) is 164 cm³/mol. The molecule has 0 bridgehead atoms. The lowest BCUT2D eigenvalue weighted by atomic mass is 9.78. The molecule has 3 heterocycles. The van der Waals surface area contributed by atoms with Crippen LogP contribution in [-0.2, 0) is 33.3 Å². The van der Waals surface area contributed by atoms with Gasteiger partial charge in [0.15, 0.2) is 17.7 Å². The quantitative estimate of drug-likeness (QED) is 0.295. The maximum Gasteiger partial charge on any atom is 0.408 e. The van der Waals surface area contributed by atoms with Gasteiger partial charge in [-0.3, -0.25) is 9.59 Å². The van der Waals surface area contributed by atoms with E-state index in [1.165, 1.54) is 6.92 Å². The molecular formula is C32H57N3O9. The molecule has 12 heteroatoms. The Morgan fingerprint density at radius 1 is 1.07 bits per heavy atom. The van der Waals surface area contributed by atoms with Crippen molar-refractivity contribution in [1.29, 1.82) is 0 Å². The van der Waals surface area contributed by atoms with Gasteiger partial charge >= 0.3 is 12.1 Å². The number of esters is 1. The van der Waals surface area contributed by atoms with E-state index < -0.39 is 65.7 Å². The fourth-order valence-corrected chi connectivity index (χ4v) is 7.29. The van der Waals surface area contributed by atoms with Crippen molar-refractivity contribution in [2.75, 3.05) is 27.7 Å². The maximum atomic E-state index is 14.1. The van der Waals surface area contributed by atoms with E-state index in [0.717, 1.165) is 6.42 Å². The first-order valence-electron chi connectivity index (χ1n) is 16.2. The average Bonchev–Trinajstić information content (AvgIpc) is 3.30. The van der Waals surface area contributed by atoms with E-state index in [1.807, 2.05) is 46.7 Å². The van der Waals surface area contributed by atoms with Gasteiger partial charge in [0, 0.05) is 25.1 Å².